The van der Waals surface area contributed by atoms with Gasteiger partial charge in [-0.2, -0.15) is 0 Å². The molecule has 0 aliphatic carbocycles. The molecule has 0 spiro atoms. The van der Waals surface area contributed by atoms with E-state index in [2.05, 4.69) is 20.8 Å². The Morgan fingerprint density at radius 2 is 1.96 bits per heavy atom. The van der Waals surface area contributed by atoms with Gasteiger partial charge in [-0.25, -0.2) is 4.98 Å². The van der Waals surface area contributed by atoms with E-state index in [9.17, 15) is 4.79 Å². The van der Waals surface area contributed by atoms with Crippen LogP contribution >= 0.6 is 38.9 Å². The van der Waals surface area contributed by atoms with Crippen molar-refractivity contribution in [1.29, 1.82) is 0 Å². The predicted molar refractivity (Wildman–Crippen MR) is 120 cm³/mol. The first-order chi connectivity index (χ1) is 13.4. The minimum Gasteiger partial charge on any atom is -0.494 e. The third-order valence-corrected chi connectivity index (χ3v) is 6.46. The largest absolute Gasteiger partial charge is 0.494 e. The van der Waals surface area contributed by atoms with Crippen molar-refractivity contribution in [3.05, 3.63) is 51.5 Å². The number of halogens is 2. The summed E-state index contributed by atoms with van der Waals surface area (Å²) in [6, 6.07) is 11.0. The van der Waals surface area contributed by atoms with E-state index < -0.39 is 0 Å². The minimum absolute atomic E-state index is 0.0969. The first-order valence-corrected chi connectivity index (χ1v) is 10.7. The lowest BCUT2D eigenvalue weighted by Crippen LogP contribution is -2.33. The van der Waals surface area contributed by atoms with Gasteiger partial charge >= 0.3 is 0 Å². The Morgan fingerprint density at radius 1 is 1.21 bits per heavy atom. The molecule has 0 aliphatic heterocycles. The van der Waals surface area contributed by atoms with Gasteiger partial charge in [-0.1, -0.05) is 35.1 Å². The van der Waals surface area contributed by atoms with Crippen molar-refractivity contribution < 1.29 is 9.53 Å². The Kier molecular flexibility index (Phi) is 6.93. The maximum Gasteiger partial charge on any atom is 0.261 e. The molecule has 0 fully saturated rings. The summed E-state index contributed by atoms with van der Waals surface area (Å²) in [7, 11) is 5.63. The van der Waals surface area contributed by atoms with Crippen molar-refractivity contribution in [2.24, 2.45) is 0 Å². The number of carbonyl (C=O) groups is 1. The van der Waals surface area contributed by atoms with Crippen LogP contribution in [0.1, 0.15) is 16.8 Å². The maximum atomic E-state index is 13.3. The summed E-state index contributed by atoms with van der Waals surface area (Å²) in [5, 5.41) is 1.21. The van der Waals surface area contributed by atoms with E-state index in [1.165, 1.54) is 11.3 Å². The van der Waals surface area contributed by atoms with Crippen molar-refractivity contribution in [3.8, 4) is 5.75 Å². The molecule has 0 saturated heterocycles. The molecule has 5 nitrogen and oxygen atoms in total. The molecule has 28 heavy (non-hydrogen) atoms. The van der Waals surface area contributed by atoms with Gasteiger partial charge in [-0.15, -0.1) is 0 Å². The Labute approximate surface area is 182 Å². The number of hydrogen-bond donors (Lipinski definition) is 0. The number of hydrogen-bond acceptors (Lipinski definition) is 5. The molecule has 1 amide bonds. The van der Waals surface area contributed by atoms with E-state index in [4.69, 9.17) is 21.3 Å². The molecule has 1 heterocycles. The van der Waals surface area contributed by atoms with Crippen LogP contribution in [0.2, 0.25) is 5.02 Å². The first kappa shape index (κ1) is 21.0. The number of anilines is 1. The molecule has 1 aromatic heterocycles. The maximum absolute atomic E-state index is 13.3. The van der Waals surface area contributed by atoms with Crippen LogP contribution < -0.4 is 9.64 Å². The zero-order valence-corrected chi connectivity index (χ0v) is 19.1. The minimum atomic E-state index is -0.0969. The van der Waals surface area contributed by atoms with Crippen LogP contribution in [-0.2, 0) is 0 Å². The molecule has 148 valence electrons. The lowest BCUT2D eigenvalue weighted by molar-refractivity contribution is 0.0985. The second-order valence-corrected chi connectivity index (χ2v) is 8.76. The Bertz CT molecular complexity index is 993. The Balaban J connectivity index is 2.03. The zero-order chi connectivity index (χ0) is 20.3. The van der Waals surface area contributed by atoms with Crippen LogP contribution in [0.15, 0.2) is 40.9 Å². The van der Waals surface area contributed by atoms with Gasteiger partial charge in [-0.3, -0.25) is 9.69 Å². The fraction of sp³-hybridized carbons (Fsp3) is 0.300. The van der Waals surface area contributed by atoms with Crippen LogP contribution in [0.4, 0.5) is 5.13 Å². The van der Waals surface area contributed by atoms with Gasteiger partial charge in [0.2, 0.25) is 0 Å². The summed E-state index contributed by atoms with van der Waals surface area (Å²) in [6.07, 6.45) is 0.823. The fourth-order valence-corrected chi connectivity index (χ4v) is 4.57. The van der Waals surface area contributed by atoms with E-state index >= 15 is 0 Å². The molecule has 0 atom stereocenters. The highest BCUT2D eigenvalue weighted by Gasteiger charge is 2.24. The van der Waals surface area contributed by atoms with Gasteiger partial charge in [0.15, 0.2) is 5.13 Å². The first-order valence-electron chi connectivity index (χ1n) is 8.76. The number of nitrogens with zero attached hydrogens (tertiary/aromatic N) is 3. The number of carbonyl (C=O) groups excluding carboxylic acids is 1. The topological polar surface area (TPSA) is 45.7 Å². The van der Waals surface area contributed by atoms with Crippen LogP contribution in [-0.4, -0.2) is 50.1 Å². The predicted octanol–water partition coefficient (Wildman–Crippen LogP) is 5.32. The highest BCUT2D eigenvalue weighted by Crippen LogP contribution is 2.39. The van der Waals surface area contributed by atoms with Crippen LogP contribution in [0.25, 0.3) is 10.2 Å². The van der Waals surface area contributed by atoms with E-state index in [1.54, 1.807) is 24.1 Å². The van der Waals surface area contributed by atoms with Gasteiger partial charge in [0.05, 0.1) is 22.4 Å². The SMILES string of the molecule is COc1ccc(Cl)c2sc(N(CCCN(C)C)C(=O)c3ccccc3Br)nc12. The summed E-state index contributed by atoms with van der Waals surface area (Å²) in [4.78, 5) is 21.9. The number of thiazole rings is 1. The highest BCUT2D eigenvalue weighted by molar-refractivity contribution is 9.10. The molecular weight excluding hydrogens is 462 g/mol. The summed E-state index contributed by atoms with van der Waals surface area (Å²) in [5.41, 5.74) is 1.28. The van der Waals surface area contributed by atoms with Gasteiger partial charge in [0, 0.05) is 11.0 Å². The fourth-order valence-electron chi connectivity index (χ4n) is 2.83. The summed E-state index contributed by atoms with van der Waals surface area (Å²) >= 11 is 11.3. The lowest BCUT2D eigenvalue weighted by Gasteiger charge is -2.21. The summed E-state index contributed by atoms with van der Waals surface area (Å²) < 4.78 is 6.99. The third kappa shape index (κ3) is 4.49. The quantitative estimate of drug-likeness (QED) is 0.457. The van der Waals surface area contributed by atoms with Crippen LogP contribution in [0.3, 0.4) is 0 Å². The van der Waals surface area contributed by atoms with E-state index in [0.29, 0.717) is 33.5 Å². The average Bonchev–Trinajstić information content (AvgIpc) is 3.11. The molecular formula is C20H21BrClN3O2S. The summed E-state index contributed by atoms with van der Waals surface area (Å²) in [6.45, 7) is 1.42. The smallest absolute Gasteiger partial charge is 0.261 e. The molecule has 0 unspecified atom stereocenters. The highest BCUT2D eigenvalue weighted by atomic mass is 79.9. The molecule has 2 aromatic carbocycles. The number of aromatic nitrogens is 1. The van der Waals surface area contributed by atoms with Gasteiger partial charge < -0.3 is 9.64 Å². The lowest BCUT2D eigenvalue weighted by atomic mass is 10.2. The molecule has 0 radical (unpaired) electrons. The molecule has 3 rings (SSSR count). The zero-order valence-electron chi connectivity index (χ0n) is 15.9. The van der Waals surface area contributed by atoms with Gasteiger partial charge in [0.1, 0.15) is 11.3 Å². The number of methoxy groups -OCH3 is 1. The molecule has 0 bridgehead atoms. The van der Waals surface area contributed by atoms with E-state index in [-0.39, 0.29) is 5.91 Å². The van der Waals surface area contributed by atoms with Crippen LogP contribution in [0.5, 0.6) is 5.75 Å². The third-order valence-electron chi connectivity index (χ3n) is 4.23. The van der Waals surface area contributed by atoms with Crippen molar-refractivity contribution in [1.82, 2.24) is 9.88 Å². The van der Waals surface area contributed by atoms with Crippen molar-refractivity contribution in [3.63, 3.8) is 0 Å². The van der Waals surface area contributed by atoms with E-state index in [1.807, 2.05) is 38.4 Å². The van der Waals surface area contributed by atoms with E-state index in [0.717, 1.165) is 22.1 Å². The van der Waals surface area contributed by atoms with Crippen molar-refractivity contribution in [2.45, 2.75) is 6.42 Å². The molecule has 0 N–H and O–H groups in total. The van der Waals surface area contributed by atoms with Gasteiger partial charge in [0.25, 0.3) is 5.91 Å². The normalized spacial score (nSPS) is 11.2. The Hall–Kier alpha value is -1.67. The number of rotatable bonds is 7. The molecule has 0 saturated carbocycles. The summed E-state index contributed by atoms with van der Waals surface area (Å²) in [5.74, 6) is 0.545. The standard InChI is InChI=1S/C20H21BrClN3O2S/c1-24(2)11-6-12-25(19(26)13-7-4-5-8-14(13)21)20-23-17-16(27-3)10-9-15(22)18(17)28-20/h4-5,7-10H,6,11-12H2,1-3H3. The second kappa shape index (κ2) is 9.22. The number of benzene rings is 2. The number of fused-ring (bicyclic) bond motifs is 1. The van der Waals surface area contributed by atoms with Crippen molar-refractivity contribution in [2.75, 3.05) is 39.2 Å². The molecule has 3 aromatic rings. The van der Waals surface area contributed by atoms with Gasteiger partial charge in [-0.05, 0) is 67.3 Å². The molecule has 0 aliphatic rings. The number of ether oxygens (including phenoxy) is 1. The number of amides is 1. The van der Waals surface area contributed by atoms with Crippen molar-refractivity contribution >= 4 is 60.1 Å². The second-order valence-electron chi connectivity index (χ2n) is 6.52. The monoisotopic (exact) mass is 481 g/mol. The Morgan fingerprint density at radius 3 is 2.64 bits per heavy atom. The molecule has 8 heteroatoms. The average molecular weight is 483 g/mol. The van der Waals surface area contributed by atoms with Crippen LogP contribution in [0, 0.1) is 0 Å².